The molecule has 0 fully saturated rings. The van der Waals surface area contributed by atoms with Crippen LogP contribution in [-0.2, 0) is 16.4 Å². The van der Waals surface area contributed by atoms with Crippen LogP contribution in [-0.4, -0.2) is 14.2 Å². The summed E-state index contributed by atoms with van der Waals surface area (Å²) in [6.45, 7) is 2.31. The molecule has 0 aliphatic carbocycles. The molecule has 3 N–H and O–H groups in total. The van der Waals surface area contributed by atoms with Gasteiger partial charge in [0.15, 0.2) is 9.84 Å². The Morgan fingerprint density at radius 1 is 1.05 bits per heavy atom. The number of hydrogen-bond acceptors (Lipinski definition) is 4. The predicted molar refractivity (Wildman–Crippen MR) is 86.4 cm³/mol. The quantitative estimate of drug-likeness (QED) is 0.860. The van der Waals surface area contributed by atoms with Gasteiger partial charge in [-0.1, -0.05) is 25.1 Å². The Balaban J connectivity index is 2.20. The Morgan fingerprint density at radius 3 is 2.33 bits per heavy atom. The number of sulfone groups is 1. The summed E-state index contributed by atoms with van der Waals surface area (Å²) in [4.78, 5) is 0.363. The van der Waals surface area contributed by atoms with Crippen LogP contribution in [0, 0.1) is 0 Å². The van der Waals surface area contributed by atoms with E-state index in [0.29, 0.717) is 17.9 Å². The van der Waals surface area contributed by atoms with Crippen LogP contribution in [0.2, 0.25) is 0 Å². The lowest BCUT2D eigenvalue weighted by molar-refractivity contribution is 0.595. The van der Waals surface area contributed by atoms with Crippen molar-refractivity contribution in [3.63, 3.8) is 0 Å². The van der Waals surface area contributed by atoms with E-state index in [2.05, 4.69) is 5.32 Å². The van der Waals surface area contributed by atoms with Gasteiger partial charge in [0.25, 0.3) is 0 Å². The highest BCUT2D eigenvalue weighted by Gasteiger charge is 2.12. The minimum atomic E-state index is -3.16. The molecule has 5 heteroatoms. The zero-order chi connectivity index (χ0) is 15.3. The average molecular weight is 304 g/mol. The Morgan fingerprint density at radius 2 is 1.71 bits per heavy atom. The Labute approximate surface area is 125 Å². The summed E-state index contributed by atoms with van der Waals surface area (Å²) in [6.07, 6.45) is 0.617. The van der Waals surface area contributed by atoms with Gasteiger partial charge in [0, 0.05) is 17.9 Å². The molecule has 112 valence electrons. The first-order chi connectivity index (χ1) is 10.1. The molecule has 21 heavy (non-hydrogen) atoms. The van der Waals surface area contributed by atoms with Crippen LogP contribution in [0.25, 0.3) is 0 Å². The molecule has 0 atom stereocenters. The molecular formula is C16H20N2O2S. The molecule has 0 heterocycles. The van der Waals surface area contributed by atoms with Crippen LogP contribution in [0.3, 0.4) is 0 Å². The van der Waals surface area contributed by atoms with Gasteiger partial charge in [0.05, 0.1) is 10.6 Å². The normalized spacial score (nSPS) is 11.3. The molecule has 0 radical (unpaired) electrons. The van der Waals surface area contributed by atoms with Crippen LogP contribution < -0.4 is 11.1 Å². The zero-order valence-electron chi connectivity index (χ0n) is 12.0. The van der Waals surface area contributed by atoms with Gasteiger partial charge in [-0.15, -0.1) is 0 Å². The van der Waals surface area contributed by atoms with E-state index in [-0.39, 0.29) is 5.75 Å². The van der Waals surface area contributed by atoms with E-state index < -0.39 is 9.84 Å². The van der Waals surface area contributed by atoms with Gasteiger partial charge in [-0.05, 0) is 42.3 Å². The highest BCUT2D eigenvalue weighted by Crippen LogP contribution is 2.22. The largest absolute Gasteiger partial charge is 0.355 e. The third-order valence-electron chi connectivity index (χ3n) is 3.20. The topological polar surface area (TPSA) is 72.2 Å². The van der Waals surface area contributed by atoms with E-state index in [1.54, 1.807) is 24.3 Å². The van der Waals surface area contributed by atoms with E-state index in [4.69, 9.17) is 5.73 Å². The van der Waals surface area contributed by atoms with E-state index in [9.17, 15) is 8.42 Å². The van der Waals surface area contributed by atoms with Crippen LogP contribution in [0.4, 0.5) is 11.4 Å². The van der Waals surface area contributed by atoms with Gasteiger partial charge in [0.1, 0.15) is 0 Å². The standard InChI is InChI=1S/C16H20N2O2S/c1-2-11-21(19,20)15-9-7-14(8-10-15)18-16-6-4-3-5-13(16)12-17/h3-10,18H,2,11-12,17H2,1H3. The second-order valence-corrected chi connectivity index (χ2v) is 6.94. The third kappa shape index (κ3) is 3.83. The van der Waals surface area contributed by atoms with Gasteiger partial charge >= 0.3 is 0 Å². The molecule has 4 nitrogen and oxygen atoms in total. The van der Waals surface area contributed by atoms with Crippen molar-refractivity contribution in [1.82, 2.24) is 0 Å². The van der Waals surface area contributed by atoms with E-state index >= 15 is 0 Å². The summed E-state index contributed by atoms with van der Waals surface area (Å²) in [6, 6.07) is 14.6. The second kappa shape index (κ2) is 6.74. The Hall–Kier alpha value is -1.85. The minimum absolute atomic E-state index is 0.176. The second-order valence-electron chi connectivity index (χ2n) is 4.83. The van der Waals surface area contributed by atoms with Crippen molar-refractivity contribution in [2.45, 2.75) is 24.8 Å². The fourth-order valence-electron chi connectivity index (χ4n) is 2.11. The number of para-hydroxylation sites is 1. The first kappa shape index (κ1) is 15.5. The maximum atomic E-state index is 12.0. The lowest BCUT2D eigenvalue weighted by Crippen LogP contribution is -2.06. The molecule has 0 aliphatic heterocycles. The fraction of sp³-hybridized carbons (Fsp3) is 0.250. The Kier molecular flexibility index (Phi) is 4.98. The van der Waals surface area contributed by atoms with E-state index in [0.717, 1.165) is 16.9 Å². The number of nitrogens with one attached hydrogen (secondary N) is 1. The monoisotopic (exact) mass is 304 g/mol. The zero-order valence-corrected chi connectivity index (χ0v) is 12.9. The van der Waals surface area contributed by atoms with Gasteiger partial charge < -0.3 is 11.1 Å². The van der Waals surface area contributed by atoms with Gasteiger partial charge in [-0.2, -0.15) is 0 Å². The van der Waals surface area contributed by atoms with Crippen molar-refractivity contribution in [2.75, 3.05) is 11.1 Å². The minimum Gasteiger partial charge on any atom is -0.355 e. The summed E-state index contributed by atoms with van der Waals surface area (Å²) in [7, 11) is -3.16. The molecule has 0 saturated carbocycles. The Bertz CT molecular complexity index is 694. The number of hydrogen-bond donors (Lipinski definition) is 2. The molecular weight excluding hydrogens is 284 g/mol. The van der Waals surface area contributed by atoms with E-state index in [1.807, 2.05) is 31.2 Å². The molecule has 0 saturated heterocycles. The average Bonchev–Trinajstić information content (AvgIpc) is 2.48. The molecule has 0 aliphatic rings. The molecule has 0 bridgehead atoms. The predicted octanol–water partition coefficient (Wildman–Crippen LogP) is 3.07. The number of nitrogens with two attached hydrogens (primary N) is 1. The number of benzene rings is 2. The van der Waals surface area contributed by atoms with Crippen molar-refractivity contribution in [1.29, 1.82) is 0 Å². The maximum Gasteiger partial charge on any atom is 0.178 e. The van der Waals surface area contributed by atoms with E-state index in [1.165, 1.54) is 0 Å². The van der Waals surface area contributed by atoms with Crippen molar-refractivity contribution in [2.24, 2.45) is 5.73 Å². The van der Waals surface area contributed by atoms with Crippen LogP contribution in [0.1, 0.15) is 18.9 Å². The highest BCUT2D eigenvalue weighted by molar-refractivity contribution is 7.91. The number of anilines is 2. The van der Waals surface area contributed by atoms with Gasteiger partial charge in [-0.25, -0.2) is 8.42 Å². The van der Waals surface area contributed by atoms with Gasteiger partial charge in [-0.3, -0.25) is 0 Å². The van der Waals surface area contributed by atoms with Crippen molar-refractivity contribution >= 4 is 21.2 Å². The highest BCUT2D eigenvalue weighted by atomic mass is 32.2. The SMILES string of the molecule is CCCS(=O)(=O)c1ccc(Nc2ccccc2CN)cc1. The summed E-state index contributed by atoms with van der Waals surface area (Å²) in [5.74, 6) is 0.176. The number of rotatable bonds is 6. The van der Waals surface area contributed by atoms with Crippen molar-refractivity contribution < 1.29 is 8.42 Å². The summed E-state index contributed by atoms with van der Waals surface area (Å²) in [5, 5.41) is 3.26. The fourth-order valence-corrected chi connectivity index (χ4v) is 3.43. The van der Waals surface area contributed by atoms with Crippen molar-refractivity contribution in [3.8, 4) is 0 Å². The van der Waals surface area contributed by atoms with Crippen LogP contribution in [0.15, 0.2) is 53.4 Å². The van der Waals surface area contributed by atoms with Crippen LogP contribution in [0.5, 0.6) is 0 Å². The van der Waals surface area contributed by atoms with Gasteiger partial charge in [0.2, 0.25) is 0 Å². The lowest BCUT2D eigenvalue weighted by Gasteiger charge is -2.11. The first-order valence-electron chi connectivity index (χ1n) is 6.94. The van der Waals surface area contributed by atoms with Crippen molar-refractivity contribution in [3.05, 3.63) is 54.1 Å². The summed E-state index contributed by atoms with van der Waals surface area (Å²) >= 11 is 0. The molecule has 2 rings (SSSR count). The molecule has 0 unspecified atom stereocenters. The summed E-state index contributed by atoms with van der Waals surface area (Å²) in [5.41, 5.74) is 8.49. The molecule has 0 aromatic heterocycles. The lowest BCUT2D eigenvalue weighted by atomic mass is 10.1. The molecule has 0 spiro atoms. The maximum absolute atomic E-state index is 12.0. The third-order valence-corrected chi connectivity index (χ3v) is 5.14. The molecule has 2 aromatic carbocycles. The molecule has 2 aromatic rings. The molecule has 0 amide bonds. The summed E-state index contributed by atoms with van der Waals surface area (Å²) < 4.78 is 23.9. The van der Waals surface area contributed by atoms with Crippen LogP contribution >= 0.6 is 0 Å². The first-order valence-corrected chi connectivity index (χ1v) is 8.60. The smallest absolute Gasteiger partial charge is 0.178 e.